The van der Waals surface area contributed by atoms with Crippen LogP contribution in [0.1, 0.15) is 37.9 Å². The Morgan fingerprint density at radius 3 is 2.64 bits per heavy atom. The minimum atomic E-state index is -0.765. The minimum absolute atomic E-state index is 0.105. The van der Waals surface area contributed by atoms with E-state index in [-0.39, 0.29) is 23.5 Å². The van der Waals surface area contributed by atoms with Crippen molar-refractivity contribution in [1.29, 1.82) is 0 Å². The molecule has 0 unspecified atom stereocenters. The summed E-state index contributed by atoms with van der Waals surface area (Å²) in [6.07, 6.45) is 1.73. The Kier molecular flexibility index (Phi) is 7.65. The van der Waals surface area contributed by atoms with Gasteiger partial charge in [0.05, 0.1) is 46.6 Å². The average Bonchev–Trinajstić information content (AvgIpc) is 3.15. The third-order valence-electron chi connectivity index (χ3n) is 5.59. The number of fused-ring (bicyclic) bond motifs is 1. The standard InChI is InChI=1S/C26H25BrN2O6S/c1-5-34-20-13-16(8-10-19(20)33-4)23-22(25(32)35-6-2)14(3)28-26-29(23)24(31)21(36-26)12-15-7-9-18(30)17(27)11-15/h7-13,23,30H,5-6H2,1-4H3/t23-/m1/s1. The van der Waals surface area contributed by atoms with Crippen LogP contribution in [0.3, 0.4) is 0 Å². The quantitative estimate of drug-likeness (QED) is 0.434. The lowest BCUT2D eigenvalue weighted by Crippen LogP contribution is -2.40. The molecule has 188 valence electrons. The normalized spacial score (nSPS) is 15.4. The Morgan fingerprint density at radius 1 is 1.19 bits per heavy atom. The van der Waals surface area contributed by atoms with E-state index in [2.05, 4.69) is 20.9 Å². The van der Waals surface area contributed by atoms with E-state index in [0.29, 0.717) is 43.2 Å². The summed E-state index contributed by atoms with van der Waals surface area (Å²) in [6, 6.07) is 9.55. The van der Waals surface area contributed by atoms with Crippen LogP contribution in [0.2, 0.25) is 0 Å². The van der Waals surface area contributed by atoms with E-state index < -0.39 is 12.0 Å². The lowest BCUT2D eigenvalue weighted by atomic mass is 9.95. The summed E-state index contributed by atoms with van der Waals surface area (Å²) in [5.74, 6) is 0.623. The van der Waals surface area contributed by atoms with Crippen LogP contribution >= 0.6 is 27.3 Å². The first-order valence-corrected chi connectivity index (χ1v) is 12.9. The summed E-state index contributed by atoms with van der Waals surface area (Å²) in [5, 5.41) is 9.80. The molecule has 0 bridgehead atoms. The van der Waals surface area contributed by atoms with Gasteiger partial charge in [0.2, 0.25) is 0 Å². The number of carbonyl (C=O) groups is 1. The Hall–Kier alpha value is -3.37. The van der Waals surface area contributed by atoms with Crippen molar-refractivity contribution in [2.45, 2.75) is 26.8 Å². The molecule has 4 rings (SSSR count). The van der Waals surface area contributed by atoms with E-state index in [1.807, 2.05) is 6.92 Å². The number of esters is 1. The van der Waals surface area contributed by atoms with Crippen LogP contribution in [0, 0.1) is 0 Å². The Morgan fingerprint density at radius 2 is 1.97 bits per heavy atom. The number of aromatic hydroxyl groups is 1. The molecule has 36 heavy (non-hydrogen) atoms. The molecule has 0 radical (unpaired) electrons. The zero-order valence-electron chi connectivity index (χ0n) is 20.2. The monoisotopic (exact) mass is 572 g/mol. The molecule has 0 saturated heterocycles. The van der Waals surface area contributed by atoms with Crippen molar-refractivity contribution in [1.82, 2.24) is 4.57 Å². The second kappa shape index (κ2) is 10.7. The molecule has 1 aliphatic rings. The molecule has 0 amide bonds. The largest absolute Gasteiger partial charge is 0.507 e. The maximum atomic E-state index is 13.7. The minimum Gasteiger partial charge on any atom is -0.507 e. The summed E-state index contributed by atoms with van der Waals surface area (Å²) < 4.78 is 19.0. The smallest absolute Gasteiger partial charge is 0.338 e. The molecule has 0 aliphatic carbocycles. The summed E-state index contributed by atoms with van der Waals surface area (Å²) in [7, 11) is 1.55. The number of methoxy groups -OCH3 is 1. The number of carbonyl (C=O) groups excluding carboxylic acids is 1. The van der Waals surface area contributed by atoms with Gasteiger partial charge in [0.1, 0.15) is 5.75 Å². The van der Waals surface area contributed by atoms with E-state index in [9.17, 15) is 14.7 Å². The van der Waals surface area contributed by atoms with Gasteiger partial charge in [-0.25, -0.2) is 9.79 Å². The number of ether oxygens (including phenoxy) is 3. The number of phenols is 1. The van der Waals surface area contributed by atoms with Crippen LogP contribution in [0.4, 0.5) is 0 Å². The van der Waals surface area contributed by atoms with Crippen LogP contribution in [0.15, 0.2) is 61.9 Å². The van der Waals surface area contributed by atoms with Crippen molar-refractivity contribution in [3.63, 3.8) is 0 Å². The topological polar surface area (TPSA) is 99.4 Å². The molecule has 1 atom stereocenters. The van der Waals surface area contributed by atoms with Gasteiger partial charge in [0.15, 0.2) is 16.3 Å². The Balaban J connectivity index is 1.96. The molecule has 8 nitrogen and oxygen atoms in total. The van der Waals surface area contributed by atoms with Gasteiger partial charge in [0.25, 0.3) is 5.56 Å². The summed E-state index contributed by atoms with van der Waals surface area (Å²) >= 11 is 4.53. The molecule has 0 saturated carbocycles. The second-order valence-corrected chi connectivity index (χ2v) is 9.72. The first-order chi connectivity index (χ1) is 17.3. The number of hydrogen-bond acceptors (Lipinski definition) is 8. The molecule has 1 aromatic heterocycles. The first kappa shape index (κ1) is 25.7. The number of phenolic OH excluding ortho intramolecular Hbond substituents is 1. The van der Waals surface area contributed by atoms with Crippen LogP contribution < -0.4 is 24.4 Å². The predicted molar refractivity (Wildman–Crippen MR) is 140 cm³/mol. The summed E-state index contributed by atoms with van der Waals surface area (Å²) in [4.78, 5) is 31.8. The molecular formula is C26H25BrN2O6S. The zero-order chi connectivity index (χ0) is 26.0. The molecule has 0 fully saturated rings. The van der Waals surface area contributed by atoms with Gasteiger partial charge in [-0.2, -0.15) is 0 Å². The molecule has 10 heteroatoms. The third kappa shape index (κ3) is 4.83. The van der Waals surface area contributed by atoms with Crippen molar-refractivity contribution in [3.8, 4) is 17.2 Å². The molecule has 2 heterocycles. The van der Waals surface area contributed by atoms with Crippen LogP contribution in [0.5, 0.6) is 17.2 Å². The van der Waals surface area contributed by atoms with Gasteiger partial charge < -0.3 is 19.3 Å². The number of thiazole rings is 1. The fourth-order valence-corrected chi connectivity index (χ4v) is 5.45. The van der Waals surface area contributed by atoms with E-state index in [4.69, 9.17) is 14.2 Å². The van der Waals surface area contributed by atoms with E-state index >= 15 is 0 Å². The number of hydrogen-bond donors (Lipinski definition) is 1. The van der Waals surface area contributed by atoms with Crippen LogP contribution in [0.25, 0.3) is 6.08 Å². The average molecular weight is 573 g/mol. The molecule has 1 N–H and O–H groups in total. The van der Waals surface area contributed by atoms with E-state index in [0.717, 1.165) is 5.56 Å². The maximum Gasteiger partial charge on any atom is 0.338 e. The zero-order valence-corrected chi connectivity index (χ0v) is 22.6. The van der Waals surface area contributed by atoms with Crippen LogP contribution in [-0.4, -0.2) is 36.0 Å². The maximum absolute atomic E-state index is 13.7. The third-order valence-corrected chi connectivity index (χ3v) is 7.21. The fourth-order valence-electron chi connectivity index (χ4n) is 4.00. The molecule has 0 spiro atoms. The number of rotatable bonds is 7. The van der Waals surface area contributed by atoms with Gasteiger partial charge >= 0.3 is 5.97 Å². The van der Waals surface area contributed by atoms with Gasteiger partial charge in [-0.3, -0.25) is 9.36 Å². The van der Waals surface area contributed by atoms with E-state index in [1.165, 1.54) is 15.9 Å². The molecule has 3 aromatic rings. The highest BCUT2D eigenvalue weighted by Gasteiger charge is 2.34. The first-order valence-electron chi connectivity index (χ1n) is 11.3. The number of halogens is 1. The van der Waals surface area contributed by atoms with Gasteiger partial charge in [-0.1, -0.05) is 23.5 Å². The lowest BCUT2D eigenvalue weighted by molar-refractivity contribution is -0.139. The van der Waals surface area contributed by atoms with E-state index in [1.54, 1.807) is 63.4 Å². The number of aromatic nitrogens is 1. The molecular weight excluding hydrogens is 548 g/mol. The fraction of sp³-hybridized carbons (Fsp3) is 0.269. The highest BCUT2D eigenvalue weighted by molar-refractivity contribution is 9.10. The highest BCUT2D eigenvalue weighted by atomic mass is 79.9. The second-order valence-electron chi connectivity index (χ2n) is 7.86. The van der Waals surface area contributed by atoms with Gasteiger partial charge in [0, 0.05) is 0 Å². The predicted octanol–water partition coefficient (Wildman–Crippen LogP) is 3.67. The van der Waals surface area contributed by atoms with Crippen molar-refractivity contribution in [2.24, 2.45) is 4.99 Å². The summed E-state index contributed by atoms with van der Waals surface area (Å²) in [5.41, 5.74) is 1.86. The lowest BCUT2D eigenvalue weighted by Gasteiger charge is -2.25. The highest BCUT2D eigenvalue weighted by Crippen LogP contribution is 2.36. The van der Waals surface area contributed by atoms with Gasteiger partial charge in [-0.05, 0) is 78.2 Å². The van der Waals surface area contributed by atoms with Crippen molar-refractivity contribution >= 4 is 39.3 Å². The number of nitrogens with zero attached hydrogens (tertiary/aromatic N) is 2. The molecule has 1 aliphatic heterocycles. The Bertz CT molecular complexity index is 1540. The Labute approximate surface area is 219 Å². The van der Waals surface area contributed by atoms with Crippen molar-refractivity contribution in [2.75, 3.05) is 20.3 Å². The van der Waals surface area contributed by atoms with Gasteiger partial charge in [-0.15, -0.1) is 0 Å². The van der Waals surface area contributed by atoms with Crippen LogP contribution in [-0.2, 0) is 9.53 Å². The SMILES string of the molecule is CCOC(=O)C1=C(C)N=c2sc(=Cc3ccc(O)c(Br)c3)c(=O)n2[C@@H]1c1ccc(OC)c(OCC)c1. The molecule has 2 aromatic carbocycles. The number of benzene rings is 2. The van der Waals surface area contributed by atoms with Crippen molar-refractivity contribution < 1.29 is 24.1 Å². The van der Waals surface area contributed by atoms with Crippen molar-refractivity contribution in [3.05, 3.63) is 83.0 Å². The number of allylic oxidation sites excluding steroid dienone is 1. The summed E-state index contributed by atoms with van der Waals surface area (Å²) in [6.45, 7) is 5.94.